The highest BCUT2D eigenvalue weighted by atomic mass is 16.3. The van der Waals surface area contributed by atoms with Crippen molar-refractivity contribution in [3.8, 4) is 0 Å². The molecule has 0 aromatic rings. The average Bonchev–Trinajstić information content (AvgIpc) is 2.66. The van der Waals surface area contributed by atoms with Gasteiger partial charge in [-0.1, -0.05) is 32.6 Å². The largest absolute Gasteiger partial charge is 0.396 e. The summed E-state index contributed by atoms with van der Waals surface area (Å²) in [5, 5.41) is 13.0. The van der Waals surface area contributed by atoms with E-state index in [0.29, 0.717) is 6.61 Å². The van der Waals surface area contributed by atoms with Gasteiger partial charge in [-0.2, -0.15) is 0 Å². The van der Waals surface area contributed by atoms with Gasteiger partial charge in [-0.15, -0.1) is 0 Å². The Balaban J connectivity index is 1.89. The van der Waals surface area contributed by atoms with Gasteiger partial charge in [0.2, 0.25) is 0 Å². The second-order valence-electron chi connectivity index (χ2n) is 7.12. The topological polar surface area (TPSA) is 35.5 Å². The number of rotatable bonds is 9. The fourth-order valence-corrected chi connectivity index (χ4v) is 3.95. The van der Waals surface area contributed by atoms with Crippen molar-refractivity contribution in [1.82, 2.24) is 10.2 Å². The van der Waals surface area contributed by atoms with Gasteiger partial charge < -0.3 is 10.4 Å². The van der Waals surface area contributed by atoms with Crippen LogP contribution in [0.5, 0.6) is 0 Å². The van der Waals surface area contributed by atoms with E-state index in [9.17, 15) is 0 Å². The Bertz CT molecular complexity index is 268. The lowest BCUT2D eigenvalue weighted by atomic mass is 9.88. The van der Waals surface area contributed by atoms with Crippen LogP contribution in [0.15, 0.2) is 0 Å². The maximum Gasteiger partial charge on any atom is 0.0443 e. The zero-order valence-corrected chi connectivity index (χ0v) is 14.0. The third-order valence-corrected chi connectivity index (χ3v) is 5.48. The van der Waals surface area contributed by atoms with E-state index in [2.05, 4.69) is 17.1 Å². The molecular weight excluding hydrogens is 260 g/mol. The van der Waals surface area contributed by atoms with Crippen LogP contribution in [0.25, 0.3) is 0 Å². The second kappa shape index (κ2) is 9.81. The summed E-state index contributed by atoms with van der Waals surface area (Å²) in [6.07, 6.45) is 13.3. The average molecular weight is 296 g/mol. The quantitative estimate of drug-likeness (QED) is 0.642. The van der Waals surface area contributed by atoms with Gasteiger partial charge in [0.25, 0.3) is 0 Å². The predicted molar refractivity (Wildman–Crippen MR) is 89.6 cm³/mol. The first-order chi connectivity index (χ1) is 10.3. The molecule has 0 saturated heterocycles. The molecule has 0 spiro atoms. The van der Waals surface area contributed by atoms with E-state index < -0.39 is 0 Å². The summed E-state index contributed by atoms with van der Waals surface area (Å²) in [5.41, 5.74) is 0. The normalized spacial score (nSPS) is 27.6. The number of aliphatic hydroxyl groups excluding tert-OH is 1. The van der Waals surface area contributed by atoms with E-state index in [1.54, 1.807) is 0 Å². The van der Waals surface area contributed by atoms with Gasteiger partial charge in [0, 0.05) is 31.8 Å². The summed E-state index contributed by atoms with van der Waals surface area (Å²) in [6, 6.07) is 1.54. The molecule has 124 valence electrons. The van der Waals surface area contributed by atoms with Crippen LogP contribution < -0.4 is 5.32 Å². The number of nitrogens with one attached hydrogen (secondary N) is 1. The van der Waals surface area contributed by atoms with Crippen LogP contribution in [0, 0.1) is 5.92 Å². The molecule has 2 saturated carbocycles. The third kappa shape index (κ3) is 5.54. The molecule has 0 heterocycles. The summed E-state index contributed by atoms with van der Waals surface area (Å²) >= 11 is 0. The maximum absolute atomic E-state index is 9.17. The first-order valence-electron chi connectivity index (χ1n) is 9.43. The van der Waals surface area contributed by atoms with Crippen molar-refractivity contribution in [2.45, 2.75) is 83.2 Å². The molecule has 0 amide bonds. The third-order valence-electron chi connectivity index (χ3n) is 5.48. The molecule has 3 heteroatoms. The van der Waals surface area contributed by atoms with Crippen LogP contribution in [0.3, 0.4) is 0 Å². The SMILES string of the molecule is CCCNC1CCCCCC1CN(CCCO)C1CCC1. The highest BCUT2D eigenvalue weighted by molar-refractivity contribution is 4.86. The van der Waals surface area contributed by atoms with E-state index in [0.717, 1.165) is 31.0 Å². The molecular formula is C18H36N2O. The van der Waals surface area contributed by atoms with Crippen LogP contribution in [0.2, 0.25) is 0 Å². The van der Waals surface area contributed by atoms with Crippen LogP contribution >= 0.6 is 0 Å². The first kappa shape index (κ1) is 17.2. The molecule has 0 aliphatic heterocycles. The van der Waals surface area contributed by atoms with Gasteiger partial charge in [-0.05, 0) is 51.0 Å². The van der Waals surface area contributed by atoms with Crippen molar-refractivity contribution in [1.29, 1.82) is 0 Å². The summed E-state index contributed by atoms with van der Waals surface area (Å²) in [7, 11) is 0. The fraction of sp³-hybridized carbons (Fsp3) is 1.00. The second-order valence-corrected chi connectivity index (χ2v) is 7.12. The minimum absolute atomic E-state index is 0.339. The molecule has 2 N–H and O–H groups in total. The van der Waals surface area contributed by atoms with Crippen molar-refractivity contribution in [2.24, 2.45) is 5.92 Å². The van der Waals surface area contributed by atoms with Gasteiger partial charge >= 0.3 is 0 Å². The van der Waals surface area contributed by atoms with Crippen molar-refractivity contribution in [3.05, 3.63) is 0 Å². The van der Waals surface area contributed by atoms with Gasteiger partial charge in [0.15, 0.2) is 0 Å². The van der Waals surface area contributed by atoms with E-state index in [-0.39, 0.29) is 0 Å². The van der Waals surface area contributed by atoms with Gasteiger partial charge in [0.1, 0.15) is 0 Å². The van der Waals surface area contributed by atoms with Crippen molar-refractivity contribution < 1.29 is 5.11 Å². The van der Waals surface area contributed by atoms with Crippen molar-refractivity contribution in [3.63, 3.8) is 0 Å². The first-order valence-corrected chi connectivity index (χ1v) is 9.43. The zero-order chi connectivity index (χ0) is 14.9. The summed E-state index contributed by atoms with van der Waals surface area (Å²) in [4.78, 5) is 2.70. The lowest BCUT2D eigenvalue weighted by Crippen LogP contribution is -2.48. The highest BCUT2D eigenvalue weighted by Crippen LogP contribution is 2.29. The fourth-order valence-electron chi connectivity index (χ4n) is 3.95. The lowest BCUT2D eigenvalue weighted by molar-refractivity contribution is 0.0872. The Kier molecular flexibility index (Phi) is 8.05. The van der Waals surface area contributed by atoms with E-state index in [1.165, 1.54) is 70.9 Å². The number of hydrogen-bond acceptors (Lipinski definition) is 3. The van der Waals surface area contributed by atoms with Crippen LogP contribution in [-0.2, 0) is 0 Å². The Morgan fingerprint density at radius 3 is 2.52 bits per heavy atom. The number of nitrogens with zero attached hydrogens (tertiary/aromatic N) is 1. The van der Waals surface area contributed by atoms with Crippen LogP contribution in [0.1, 0.15) is 71.1 Å². The molecule has 2 atom stereocenters. The molecule has 0 aromatic carbocycles. The smallest absolute Gasteiger partial charge is 0.0443 e. The Labute approximate surface area is 131 Å². The zero-order valence-electron chi connectivity index (χ0n) is 14.0. The molecule has 2 aliphatic carbocycles. The van der Waals surface area contributed by atoms with Gasteiger partial charge in [0.05, 0.1) is 0 Å². The predicted octanol–water partition coefficient (Wildman–Crippen LogP) is 3.17. The van der Waals surface area contributed by atoms with E-state index in [4.69, 9.17) is 5.11 Å². The van der Waals surface area contributed by atoms with Crippen molar-refractivity contribution in [2.75, 3.05) is 26.2 Å². The molecule has 2 fully saturated rings. The standard InChI is InChI=1S/C18H36N2O/c1-2-12-19-18-11-5-3-4-8-16(18)15-20(13-7-14-21)17-9-6-10-17/h16-19,21H,2-15H2,1H3. The maximum atomic E-state index is 9.17. The minimum Gasteiger partial charge on any atom is -0.396 e. The molecule has 3 nitrogen and oxygen atoms in total. The van der Waals surface area contributed by atoms with Gasteiger partial charge in [-0.25, -0.2) is 0 Å². The van der Waals surface area contributed by atoms with E-state index in [1.807, 2.05) is 0 Å². The van der Waals surface area contributed by atoms with Crippen molar-refractivity contribution >= 4 is 0 Å². The summed E-state index contributed by atoms with van der Waals surface area (Å²) in [6.45, 7) is 6.12. The molecule has 2 rings (SSSR count). The Morgan fingerprint density at radius 1 is 1.05 bits per heavy atom. The summed E-state index contributed by atoms with van der Waals surface area (Å²) < 4.78 is 0. The monoisotopic (exact) mass is 296 g/mol. The molecule has 0 radical (unpaired) electrons. The Morgan fingerprint density at radius 2 is 1.86 bits per heavy atom. The van der Waals surface area contributed by atoms with E-state index >= 15 is 0 Å². The summed E-state index contributed by atoms with van der Waals surface area (Å²) in [5.74, 6) is 0.818. The molecule has 2 aliphatic rings. The van der Waals surface area contributed by atoms with Crippen LogP contribution in [0.4, 0.5) is 0 Å². The molecule has 21 heavy (non-hydrogen) atoms. The van der Waals surface area contributed by atoms with Crippen LogP contribution in [-0.4, -0.2) is 48.3 Å². The Hall–Kier alpha value is -0.120. The van der Waals surface area contributed by atoms with Gasteiger partial charge in [-0.3, -0.25) is 4.90 Å². The number of aliphatic hydroxyl groups is 1. The number of hydrogen-bond donors (Lipinski definition) is 2. The minimum atomic E-state index is 0.339. The lowest BCUT2D eigenvalue weighted by Gasteiger charge is -2.41. The molecule has 2 unspecified atom stereocenters. The molecule has 0 aromatic heterocycles. The highest BCUT2D eigenvalue weighted by Gasteiger charge is 2.30. The molecule has 0 bridgehead atoms.